The van der Waals surface area contributed by atoms with Crippen molar-refractivity contribution >= 4 is 34.2 Å². The van der Waals surface area contributed by atoms with Gasteiger partial charge >= 0.3 is 0 Å². The number of hydrogen-bond donors (Lipinski definition) is 0. The van der Waals surface area contributed by atoms with Crippen LogP contribution < -0.4 is 9.47 Å². The Kier molecular flexibility index (Phi) is 5.16. The highest BCUT2D eigenvalue weighted by molar-refractivity contribution is 14.1. The van der Waals surface area contributed by atoms with Crippen LogP contribution in [0, 0.1) is 10.5 Å². The Hall–Kier alpha value is -0.940. The van der Waals surface area contributed by atoms with E-state index in [-0.39, 0.29) is 5.38 Å². The van der Waals surface area contributed by atoms with Crippen molar-refractivity contribution in [2.75, 3.05) is 14.2 Å². The standard InChI is InChI=1S/C16H16ClIO2/c1-10-8-14(19-2)15(20-3)9-12(10)16(17)11-6-4-5-7-13(11)18/h4-9,16H,1-3H3. The lowest BCUT2D eigenvalue weighted by atomic mass is 9.99. The van der Waals surface area contributed by atoms with Crippen LogP contribution in [-0.4, -0.2) is 14.2 Å². The van der Waals surface area contributed by atoms with Crippen molar-refractivity contribution in [1.29, 1.82) is 0 Å². The minimum atomic E-state index is -0.206. The quantitative estimate of drug-likeness (QED) is 0.532. The summed E-state index contributed by atoms with van der Waals surface area (Å²) in [5.41, 5.74) is 3.22. The lowest BCUT2D eigenvalue weighted by Gasteiger charge is -2.17. The van der Waals surface area contributed by atoms with Gasteiger partial charge in [0.15, 0.2) is 11.5 Å². The van der Waals surface area contributed by atoms with Crippen molar-refractivity contribution in [3.63, 3.8) is 0 Å². The first-order chi connectivity index (χ1) is 9.58. The van der Waals surface area contributed by atoms with Gasteiger partial charge < -0.3 is 9.47 Å². The molecule has 0 bridgehead atoms. The number of benzene rings is 2. The Morgan fingerprint density at radius 2 is 1.60 bits per heavy atom. The smallest absolute Gasteiger partial charge is 0.161 e. The lowest BCUT2D eigenvalue weighted by molar-refractivity contribution is 0.354. The molecule has 0 amide bonds. The molecule has 0 radical (unpaired) electrons. The highest BCUT2D eigenvalue weighted by Crippen LogP contribution is 2.39. The number of halogens is 2. The molecule has 0 spiro atoms. The highest BCUT2D eigenvalue weighted by Gasteiger charge is 2.18. The summed E-state index contributed by atoms with van der Waals surface area (Å²) in [6, 6.07) is 12.0. The molecular formula is C16H16ClIO2. The predicted octanol–water partition coefficient (Wildman–Crippen LogP) is 4.95. The maximum atomic E-state index is 6.67. The summed E-state index contributed by atoms with van der Waals surface area (Å²) in [5.74, 6) is 1.42. The van der Waals surface area contributed by atoms with Crippen LogP contribution in [0.5, 0.6) is 11.5 Å². The first-order valence-corrected chi connectivity index (χ1v) is 7.71. The van der Waals surface area contributed by atoms with Crippen molar-refractivity contribution in [2.24, 2.45) is 0 Å². The molecule has 4 heteroatoms. The minimum absolute atomic E-state index is 0.206. The summed E-state index contributed by atoms with van der Waals surface area (Å²) in [7, 11) is 3.27. The molecule has 2 nitrogen and oxygen atoms in total. The molecular weight excluding hydrogens is 387 g/mol. The van der Waals surface area contributed by atoms with Gasteiger partial charge in [0.1, 0.15) is 0 Å². The van der Waals surface area contributed by atoms with Crippen LogP contribution in [-0.2, 0) is 0 Å². The third-order valence-electron chi connectivity index (χ3n) is 3.22. The van der Waals surface area contributed by atoms with Gasteiger partial charge in [0.2, 0.25) is 0 Å². The summed E-state index contributed by atoms with van der Waals surface area (Å²) in [5, 5.41) is -0.206. The van der Waals surface area contributed by atoms with E-state index in [0.717, 1.165) is 26.0 Å². The second-order valence-corrected chi connectivity index (χ2v) is 6.05. The van der Waals surface area contributed by atoms with E-state index in [4.69, 9.17) is 21.1 Å². The number of methoxy groups -OCH3 is 2. The van der Waals surface area contributed by atoms with Crippen LogP contribution in [0.2, 0.25) is 0 Å². The SMILES string of the molecule is COc1cc(C)c(C(Cl)c2ccccc2I)cc1OC. The van der Waals surface area contributed by atoms with Crippen LogP contribution in [0.4, 0.5) is 0 Å². The molecule has 0 saturated heterocycles. The Balaban J connectivity index is 2.50. The van der Waals surface area contributed by atoms with Gasteiger partial charge in [-0.05, 0) is 64.4 Å². The summed E-state index contributed by atoms with van der Waals surface area (Å²) in [6.45, 7) is 2.03. The molecule has 0 aliphatic carbocycles. The van der Waals surface area contributed by atoms with Gasteiger partial charge in [0.05, 0.1) is 19.6 Å². The van der Waals surface area contributed by atoms with Crippen molar-refractivity contribution in [3.05, 3.63) is 56.7 Å². The molecule has 0 aliphatic heterocycles. The fourth-order valence-electron chi connectivity index (χ4n) is 2.12. The third-order valence-corrected chi connectivity index (χ3v) is 4.68. The summed E-state index contributed by atoms with van der Waals surface area (Å²) < 4.78 is 11.8. The third kappa shape index (κ3) is 3.04. The molecule has 1 unspecified atom stereocenters. The largest absolute Gasteiger partial charge is 0.493 e. The average Bonchev–Trinajstić information content (AvgIpc) is 2.46. The zero-order valence-electron chi connectivity index (χ0n) is 11.6. The first kappa shape index (κ1) is 15.4. The molecule has 0 aliphatic rings. The number of ether oxygens (including phenoxy) is 2. The second-order valence-electron chi connectivity index (χ2n) is 4.45. The van der Waals surface area contributed by atoms with Gasteiger partial charge in [-0.1, -0.05) is 18.2 Å². The van der Waals surface area contributed by atoms with Crippen LogP contribution in [0.1, 0.15) is 22.1 Å². The number of aryl methyl sites for hydroxylation is 1. The molecule has 20 heavy (non-hydrogen) atoms. The summed E-state index contributed by atoms with van der Waals surface area (Å²) in [4.78, 5) is 0. The molecule has 106 valence electrons. The van der Waals surface area contributed by atoms with Crippen molar-refractivity contribution in [1.82, 2.24) is 0 Å². The Morgan fingerprint density at radius 1 is 1.00 bits per heavy atom. The maximum absolute atomic E-state index is 6.67. The average molecular weight is 403 g/mol. The normalized spacial score (nSPS) is 12.1. The van der Waals surface area contributed by atoms with Crippen molar-refractivity contribution < 1.29 is 9.47 Å². The van der Waals surface area contributed by atoms with Crippen LogP contribution in [0.15, 0.2) is 36.4 Å². The van der Waals surface area contributed by atoms with Gasteiger partial charge in [-0.25, -0.2) is 0 Å². The highest BCUT2D eigenvalue weighted by atomic mass is 127. The van der Waals surface area contributed by atoms with Crippen molar-refractivity contribution in [2.45, 2.75) is 12.3 Å². The first-order valence-electron chi connectivity index (χ1n) is 6.19. The second kappa shape index (κ2) is 6.68. The van der Waals surface area contributed by atoms with E-state index in [1.54, 1.807) is 14.2 Å². The van der Waals surface area contributed by atoms with E-state index < -0.39 is 0 Å². The number of alkyl halides is 1. The molecule has 2 rings (SSSR count). The molecule has 0 N–H and O–H groups in total. The topological polar surface area (TPSA) is 18.5 Å². The van der Waals surface area contributed by atoms with Crippen molar-refractivity contribution in [3.8, 4) is 11.5 Å². The molecule has 0 heterocycles. The summed E-state index contributed by atoms with van der Waals surface area (Å²) >= 11 is 8.97. The van der Waals surface area contributed by atoms with E-state index in [2.05, 4.69) is 34.7 Å². The Morgan fingerprint density at radius 3 is 2.20 bits per heavy atom. The maximum Gasteiger partial charge on any atom is 0.161 e. The predicted molar refractivity (Wildman–Crippen MR) is 91.1 cm³/mol. The molecule has 2 aromatic rings. The monoisotopic (exact) mass is 402 g/mol. The fraction of sp³-hybridized carbons (Fsp3) is 0.250. The van der Waals surface area contributed by atoms with E-state index in [1.165, 1.54) is 0 Å². The lowest BCUT2D eigenvalue weighted by Crippen LogP contribution is -2.01. The fourth-order valence-corrected chi connectivity index (χ4v) is 3.43. The van der Waals surface area contributed by atoms with Gasteiger partial charge in [-0.15, -0.1) is 11.6 Å². The number of hydrogen-bond acceptors (Lipinski definition) is 2. The number of rotatable bonds is 4. The Labute approximate surface area is 138 Å². The molecule has 2 aromatic carbocycles. The van der Waals surface area contributed by atoms with Gasteiger partial charge in [0.25, 0.3) is 0 Å². The minimum Gasteiger partial charge on any atom is -0.493 e. The molecule has 0 saturated carbocycles. The zero-order valence-corrected chi connectivity index (χ0v) is 14.5. The van der Waals surface area contributed by atoms with E-state index in [9.17, 15) is 0 Å². The summed E-state index contributed by atoms with van der Waals surface area (Å²) in [6.07, 6.45) is 0. The molecule has 1 atom stereocenters. The van der Waals surface area contributed by atoms with E-state index >= 15 is 0 Å². The van der Waals surface area contributed by atoms with Gasteiger partial charge in [-0.3, -0.25) is 0 Å². The zero-order chi connectivity index (χ0) is 14.7. The Bertz CT molecular complexity index is 613. The van der Waals surface area contributed by atoms with E-state index in [0.29, 0.717) is 5.75 Å². The van der Waals surface area contributed by atoms with E-state index in [1.807, 2.05) is 31.2 Å². The van der Waals surface area contributed by atoms with Gasteiger partial charge in [-0.2, -0.15) is 0 Å². The van der Waals surface area contributed by atoms with Crippen LogP contribution in [0.25, 0.3) is 0 Å². The molecule has 0 aromatic heterocycles. The van der Waals surface area contributed by atoms with Gasteiger partial charge in [0, 0.05) is 3.57 Å². The molecule has 0 fully saturated rings. The van der Waals surface area contributed by atoms with Crippen LogP contribution >= 0.6 is 34.2 Å². The van der Waals surface area contributed by atoms with Crippen LogP contribution in [0.3, 0.4) is 0 Å².